The molecule has 0 rings (SSSR count). The molecule has 0 aliphatic carbocycles. The van der Waals surface area contributed by atoms with Gasteiger partial charge in [0.25, 0.3) is 0 Å². The Bertz CT molecular complexity index is 219. The second-order valence-corrected chi connectivity index (χ2v) is 3.01. The molecule has 0 amide bonds. The van der Waals surface area contributed by atoms with Crippen LogP contribution < -0.4 is 5.73 Å². The van der Waals surface area contributed by atoms with Crippen LogP contribution in [0.2, 0.25) is 0 Å². The lowest BCUT2D eigenvalue weighted by atomic mass is 10.1. The van der Waals surface area contributed by atoms with Crippen molar-refractivity contribution in [1.29, 1.82) is 0 Å². The van der Waals surface area contributed by atoms with E-state index < -0.39 is 20.4 Å². The molecule has 0 aromatic carbocycles. The molecule has 0 saturated carbocycles. The third-order valence-corrected chi connectivity index (χ3v) is 2.17. The van der Waals surface area contributed by atoms with Crippen molar-refractivity contribution < 1.29 is 19.0 Å². The summed E-state index contributed by atoms with van der Waals surface area (Å²) in [6.45, 7) is 1.78. The van der Waals surface area contributed by atoms with E-state index in [0.29, 0.717) is 6.42 Å². The van der Waals surface area contributed by atoms with Crippen LogP contribution in [0.25, 0.3) is 0 Å². The van der Waals surface area contributed by atoms with Gasteiger partial charge in [0.05, 0.1) is 0 Å². The van der Waals surface area contributed by atoms with Crippen LogP contribution in [0.4, 0.5) is 0 Å². The Morgan fingerprint density at radius 2 is 2.38 bits per heavy atom. The number of carboxylic acids is 1. The Kier molecular flexibility index (Phi) is 5.62. The maximum Gasteiger partial charge on any atom is 0.327 e. The zero-order valence-electron chi connectivity index (χ0n) is 7.40. The zero-order chi connectivity index (χ0) is 10.3. The Morgan fingerprint density at radius 1 is 1.77 bits per heavy atom. The highest BCUT2D eigenvalue weighted by Gasteiger charge is 2.20. The maximum atomic E-state index is 10.2. The number of carboxylic acid groups (broad SMARTS) is 1. The topological polar surface area (TPSA) is 89.6 Å². The Labute approximate surface area is 77.9 Å². The molecule has 0 aliphatic rings. The van der Waals surface area contributed by atoms with Crippen LogP contribution in [0.3, 0.4) is 0 Å². The van der Waals surface area contributed by atoms with Gasteiger partial charge in [0, 0.05) is 12.5 Å². The highest BCUT2D eigenvalue weighted by Crippen LogP contribution is 2.19. The Hall–Kier alpha value is -0.640. The van der Waals surface area contributed by atoms with Gasteiger partial charge < -0.3 is 15.4 Å². The van der Waals surface area contributed by atoms with Gasteiger partial charge in [0.15, 0.2) is 8.69 Å². The van der Waals surface area contributed by atoms with Crippen LogP contribution in [0, 0.1) is 0 Å². The van der Waals surface area contributed by atoms with E-state index in [0.717, 1.165) is 6.08 Å². The number of nitrogens with two attached hydrogens (primary N) is 1. The second kappa shape index (κ2) is 5.91. The van der Waals surface area contributed by atoms with Crippen LogP contribution >= 0.6 is 8.69 Å². The van der Waals surface area contributed by atoms with Gasteiger partial charge in [-0.1, -0.05) is 13.0 Å². The summed E-state index contributed by atoms with van der Waals surface area (Å²) in [6.07, 6.45) is 3.10. The summed E-state index contributed by atoms with van der Waals surface area (Å²) < 4.78 is 15.1. The molecular formula is C7H14NO4P. The first-order valence-corrected chi connectivity index (χ1v) is 4.78. The fraction of sp³-hybridized carbons (Fsp3) is 0.571. The number of aliphatic carboxylic acids is 1. The van der Waals surface area contributed by atoms with Crippen molar-refractivity contribution in [2.75, 3.05) is 0 Å². The van der Waals surface area contributed by atoms with E-state index in [1.54, 1.807) is 6.92 Å². The second-order valence-electron chi connectivity index (χ2n) is 2.58. The van der Waals surface area contributed by atoms with Crippen molar-refractivity contribution in [3.05, 3.63) is 12.2 Å². The molecular weight excluding hydrogens is 193 g/mol. The van der Waals surface area contributed by atoms with Crippen LogP contribution in [0.1, 0.15) is 19.8 Å². The molecule has 76 valence electrons. The SMILES string of the molecule is CCC(N)(CC=CC(=O)O)O[PH2]=O. The largest absolute Gasteiger partial charge is 0.478 e. The molecule has 0 aliphatic heterocycles. The minimum atomic E-state index is -1.37. The molecule has 0 aromatic heterocycles. The summed E-state index contributed by atoms with van der Waals surface area (Å²) in [4.78, 5) is 10.1. The smallest absolute Gasteiger partial charge is 0.327 e. The van der Waals surface area contributed by atoms with Crippen LogP contribution in [0.15, 0.2) is 12.2 Å². The van der Waals surface area contributed by atoms with Crippen molar-refractivity contribution in [1.82, 2.24) is 0 Å². The monoisotopic (exact) mass is 207 g/mol. The highest BCUT2D eigenvalue weighted by molar-refractivity contribution is 7.17. The standard InChI is InChI=1S/C7H14NO4P/c1-2-7(8,12-13-11)5-3-4-6(9)10/h3-4H,2,5,8,13H2,1H3,(H,9,10). The average Bonchev–Trinajstić information content (AvgIpc) is 2.04. The molecule has 0 aromatic rings. The number of hydrogen-bond donors (Lipinski definition) is 2. The van der Waals surface area contributed by atoms with E-state index in [1.165, 1.54) is 6.08 Å². The molecule has 0 spiro atoms. The van der Waals surface area contributed by atoms with Gasteiger partial charge in [0.2, 0.25) is 0 Å². The minimum absolute atomic E-state index is 0.241. The molecule has 2 atom stereocenters. The van der Waals surface area contributed by atoms with Crippen molar-refractivity contribution in [2.24, 2.45) is 5.73 Å². The van der Waals surface area contributed by atoms with Crippen molar-refractivity contribution >= 4 is 14.7 Å². The van der Waals surface area contributed by atoms with E-state index in [-0.39, 0.29) is 6.42 Å². The molecule has 5 nitrogen and oxygen atoms in total. The van der Waals surface area contributed by atoms with Gasteiger partial charge in [-0.25, -0.2) is 4.79 Å². The van der Waals surface area contributed by atoms with Crippen LogP contribution in [-0.4, -0.2) is 16.8 Å². The third-order valence-electron chi connectivity index (χ3n) is 1.61. The fourth-order valence-corrected chi connectivity index (χ4v) is 1.19. The summed E-state index contributed by atoms with van der Waals surface area (Å²) >= 11 is 0. The number of rotatable bonds is 6. The van der Waals surface area contributed by atoms with Gasteiger partial charge in [-0.3, -0.25) is 4.57 Å². The first-order valence-electron chi connectivity index (χ1n) is 3.84. The lowest BCUT2D eigenvalue weighted by molar-refractivity contribution is -0.131. The van der Waals surface area contributed by atoms with Gasteiger partial charge >= 0.3 is 5.97 Å². The van der Waals surface area contributed by atoms with Gasteiger partial charge in [-0.2, -0.15) is 0 Å². The van der Waals surface area contributed by atoms with E-state index in [4.69, 9.17) is 15.4 Å². The first-order chi connectivity index (χ1) is 6.04. The number of carbonyl (C=O) groups is 1. The van der Waals surface area contributed by atoms with E-state index in [9.17, 15) is 9.36 Å². The van der Waals surface area contributed by atoms with E-state index >= 15 is 0 Å². The van der Waals surface area contributed by atoms with Crippen molar-refractivity contribution in [3.63, 3.8) is 0 Å². The fourth-order valence-electron chi connectivity index (χ4n) is 0.731. The van der Waals surface area contributed by atoms with Gasteiger partial charge in [-0.15, -0.1) is 0 Å². The van der Waals surface area contributed by atoms with Crippen molar-refractivity contribution in [3.8, 4) is 0 Å². The molecule has 0 fully saturated rings. The van der Waals surface area contributed by atoms with Crippen molar-refractivity contribution in [2.45, 2.75) is 25.5 Å². The normalized spacial score (nSPS) is 16.8. The molecule has 0 radical (unpaired) electrons. The zero-order valence-corrected chi connectivity index (χ0v) is 8.55. The molecule has 3 N–H and O–H groups in total. The van der Waals surface area contributed by atoms with Crippen LogP contribution in [-0.2, 0) is 13.9 Å². The molecule has 13 heavy (non-hydrogen) atoms. The lowest BCUT2D eigenvalue weighted by Crippen LogP contribution is -2.39. The van der Waals surface area contributed by atoms with Crippen LogP contribution in [0.5, 0.6) is 0 Å². The predicted octanol–water partition coefficient (Wildman–Crippen LogP) is 0.770. The minimum Gasteiger partial charge on any atom is -0.478 e. The van der Waals surface area contributed by atoms with E-state index in [2.05, 4.69) is 0 Å². The Balaban J connectivity index is 4.11. The maximum absolute atomic E-state index is 10.2. The number of hydrogen-bond acceptors (Lipinski definition) is 4. The summed E-state index contributed by atoms with van der Waals surface area (Å²) in [5.41, 5.74) is 4.65. The summed E-state index contributed by atoms with van der Waals surface area (Å²) in [7, 11) is -1.37. The third kappa shape index (κ3) is 5.58. The van der Waals surface area contributed by atoms with Gasteiger partial charge in [0.1, 0.15) is 5.72 Å². The summed E-state index contributed by atoms with van der Waals surface area (Å²) in [6, 6.07) is 0. The summed E-state index contributed by atoms with van der Waals surface area (Å²) in [5, 5.41) is 8.29. The quantitative estimate of drug-likeness (QED) is 0.381. The average molecular weight is 207 g/mol. The first kappa shape index (κ1) is 12.4. The predicted molar refractivity (Wildman–Crippen MR) is 50.1 cm³/mol. The highest BCUT2D eigenvalue weighted by atomic mass is 31.1. The molecule has 6 heteroatoms. The lowest BCUT2D eigenvalue weighted by Gasteiger charge is -2.23. The summed E-state index contributed by atoms with van der Waals surface area (Å²) in [5.74, 6) is -1.03. The molecule has 0 heterocycles. The Morgan fingerprint density at radius 3 is 2.77 bits per heavy atom. The van der Waals surface area contributed by atoms with E-state index in [1.807, 2.05) is 0 Å². The molecule has 0 bridgehead atoms. The molecule has 0 saturated heterocycles. The van der Waals surface area contributed by atoms with Gasteiger partial charge in [-0.05, 0) is 6.42 Å². The molecule has 2 unspecified atom stereocenters.